The Balaban J connectivity index is 1.54. The van der Waals surface area contributed by atoms with Gasteiger partial charge in [0, 0.05) is 20.0 Å². The fourth-order valence-corrected chi connectivity index (χ4v) is 4.09. The molecule has 2 amide bonds. The molecule has 2 aromatic carbocycles. The van der Waals surface area contributed by atoms with Crippen LogP contribution in [0.25, 0.3) is 0 Å². The lowest BCUT2D eigenvalue weighted by Crippen LogP contribution is -2.36. The predicted molar refractivity (Wildman–Crippen MR) is 123 cm³/mol. The Hall–Kier alpha value is -2.84. The van der Waals surface area contributed by atoms with Gasteiger partial charge >= 0.3 is 0 Å². The van der Waals surface area contributed by atoms with E-state index in [1.807, 2.05) is 41.8 Å². The quantitative estimate of drug-likeness (QED) is 0.495. The zero-order valence-electron chi connectivity index (χ0n) is 17.4. The van der Waals surface area contributed by atoms with Crippen molar-refractivity contribution in [1.82, 2.24) is 19.7 Å². The highest BCUT2D eigenvalue weighted by atomic mass is 35.5. The van der Waals surface area contributed by atoms with Crippen LogP contribution in [0, 0.1) is 0 Å². The fourth-order valence-electron chi connectivity index (χ4n) is 2.95. The molecule has 0 fully saturated rings. The minimum absolute atomic E-state index is 0.0651. The maximum atomic E-state index is 12.5. The summed E-state index contributed by atoms with van der Waals surface area (Å²) in [7, 11) is 1.60. The van der Waals surface area contributed by atoms with Crippen LogP contribution in [-0.2, 0) is 22.6 Å². The lowest BCUT2D eigenvalue weighted by Gasteiger charge is -2.17. The van der Waals surface area contributed by atoms with E-state index < -0.39 is 0 Å². The monoisotopic (exact) mass is 457 g/mol. The van der Waals surface area contributed by atoms with Gasteiger partial charge in [-0.25, -0.2) is 0 Å². The summed E-state index contributed by atoms with van der Waals surface area (Å²) in [5.41, 5.74) is 1.67. The van der Waals surface area contributed by atoms with Crippen LogP contribution in [0.4, 0.5) is 5.69 Å². The number of carbonyl (C=O) groups is 2. The molecular weight excluding hydrogens is 434 g/mol. The van der Waals surface area contributed by atoms with Crippen LogP contribution in [0.1, 0.15) is 18.3 Å². The van der Waals surface area contributed by atoms with E-state index in [1.54, 1.807) is 31.3 Å². The zero-order chi connectivity index (χ0) is 22.2. The SMILES string of the molecule is CCn1c(Cc2ccccc2)nnc1SCC(=O)N(C)CC(=O)Nc1ccccc1Cl. The number of halogens is 1. The molecule has 3 aromatic rings. The van der Waals surface area contributed by atoms with Gasteiger partial charge in [-0.1, -0.05) is 65.8 Å². The average molecular weight is 458 g/mol. The number of carbonyl (C=O) groups excluding carboxylic acids is 2. The van der Waals surface area contributed by atoms with Crippen molar-refractivity contribution < 1.29 is 9.59 Å². The molecular formula is C22H24ClN5O2S. The first-order chi connectivity index (χ1) is 15.0. The van der Waals surface area contributed by atoms with Gasteiger partial charge < -0.3 is 14.8 Å². The van der Waals surface area contributed by atoms with Crippen LogP contribution in [-0.4, -0.2) is 50.8 Å². The molecule has 7 nitrogen and oxygen atoms in total. The lowest BCUT2D eigenvalue weighted by atomic mass is 10.1. The second-order valence-corrected chi connectivity index (χ2v) is 8.22. The Morgan fingerprint density at radius 3 is 2.52 bits per heavy atom. The summed E-state index contributed by atoms with van der Waals surface area (Å²) in [4.78, 5) is 26.1. The third-order valence-electron chi connectivity index (χ3n) is 4.59. The van der Waals surface area contributed by atoms with Crippen LogP contribution in [0.5, 0.6) is 0 Å². The first kappa shape index (κ1) is 22.8. The maximum Gasteiger partial charge on any atom is 0.244 e. The van der Waals surface area contributed by atoms with Crippen LogP contribution >= 0.6 is 23.4 Å². The van der Waals surface area contributed by atoms with Crippen molar-refractivity contribution in [3.63, 3.8) is 0 Å². The summed E-state index contributed by atoms with van der Waals surface area (Å²) >= 11 is 7.37. The summed E-state index contributed by atoms with van der Waals surface area (Å²) in [6.45, 7) is 2.67. The molecule has 0 aliphatic heterocycles. The van der Waals surface area contributed by atoms with E-state index in [4.69, 9.17) is 11.6 Å². The Morgan fingerprint density at radius 2 is 1.81 bits per heavy atom. The molecule has 0 bridgehead atoms. The van der Waals surface area contributed by atoms with Crippen molar-refractivity contribution in [3.05, 3.63) is 71.0 Å². The topological polar surface area (TPSA) is 80.1 Å². The Labute approximate surface area is 190 Å². The third-order valence-corrected chi connectivity index (χ3v) is 5.88. The molecule has 31 heavy (non-hydrogen) atoms. The molecule has 1 heterocycles. The van der Waals surface area contributed by atoms with E-state index in [1.165, 1.54) is 16.7 Å². The normalized spacial score (nSPS) is 10.7. The largest absolute Gasteiger partial charge is 0.336 e. The van der Waals surface area contributed by atoms with Crippen LogP contribution in [0.2, 0.25) is 5.02 Å². The number of likely N-dealkylation sites (N-methyl/N-ethyl adjacent to an activating group) is 1. The standard InChI is InChI=1S/C22H24ClN5O2S/c1-3-28-19(13-16-9-5-4-6-10-16)25-26-22(28)31-15-21(30)27(2)14-20(29)24-18-12-8-7-11-17(18)23/h4-12H,3,13-15H2,1-2H3,(H,24,29). The van der Waals surface area contributed by atoms with Gasteiger partial charge in [0.25, 0.3) is 0 Å². The van der Waals surface area contributed by atoms with E-state index in [2.05, 4.69) is 15.5 Å². The molecule has 9 heteroatoms. The van der Waals surface area contributed by atoms with E-state index >= 15 is 0 Å². The number of benzene rings is 2. The molecule has 1 aromatic heterocycles. The number of anilines is 1. The Kier molecular flexibility index (Phi) is 8.08. The van der Waals surface area contributed by atoms with Gasteiger partial charge in [-0.05, 0) is 24.6 Å². The predicted octanol–water partition coefficient (Wildman–Crippen LogP) is 3.73. The highest BCUT2D eigenvalue weighted by molar-refractivity contribution is 7.99. The van der Waals surface area contributed by atoms with Crippen molar-refractivity contribution in [1.29, 1.82) is 0 Å². The van der Waals surface area contributed by atoms with Gasteiger partial charge in [-0.15, -0.1) is 10.2 Å². The van der Waals surface area contributed by atoms with Gasteiger partial charge in [-0.2, -0.15) is 0 Å². The average Bonchev–Trinajstić information content (AvgIpc) is 3.15. The number of nitrogens with one attached hydrogen (secondary N) is 1. The minimum atomic E-state index is -0.309. The van der Waals surface area contributed by atoms with E-state index in [0.717, 1.165) is 11.4 Å². The van der Waals surface area contributed by atoms with Crippen molar-refractivity contribution in [2.24, 2.45) is 0 Å². The smallest absolute Gasteiger partial charge is 0.244 e. The van der Waals surface area contributed by atoms with Gasteiger partial charge in [0.2, 0.25) is 11.8 Å². The number of aromatic nitrogens is 3. The molecule has 0 saturated heterocycles. The van der Waals surface area contributed by atoms with Gasteiger partial charge in [-0.3, -0.25) is 9.59 Å². The van der Waals surface area contributed by atoms with E-state index in [9.17, 15) is 9.59 Å². The molecule has 0 atom stereocenters. The number of hydrogen-bond acceptors (Lipinski definition) is 5. The minimum Gasteiger partial charge on any atom is -0.336 e. The second kappa shape index (κ2) is 11.0. The first-order valence-corrected chi connectivity index (χ1v) is 11.2. The van der Waals surface area contributed by atoms with Crippen LogP contribution in [0.15, 0.2) is 59.8 Å². The molecule has 0 aliphatic rings. The van der Waals surface area contributed by atoms with Crippen molar-refractivity contribution >= 4 is 40.9 Å². The van der Waals surface area contributed by atoms with E-state index in [0.29, 0.717) is 28.8 Å². The van der Waals surface area contributed by atoms with Crippen LogP contribution in [0.3, 0.4) is 0 Å². The summed E-state index contributed by atoms with van der Waals surface area (Å²) in [6.07, 6.45) is 0.679. The van der Waals surface area contributed by atoms with Gasteiger partial charge in [0.1, 0.15) is 5.82 Å². The maximum absolute atomic E-state index is 12.5. The third kappa shape index (κ3) is 6.32. The molecule has 0 aliphatic carbocycles. The number of amides is 2. The molecule has 0 unspecified atom stereocenters. The number of nitrogens with zero attached hydrogens (tertiary/aromatic N) is 4. The molecule has 0 radical (unpaired) electrons. The van der Waals surface area contributed by atoms with E-state index in [-0.39, 0.29) is 24.1 Å². The first-order valence-electron chi connectivity index (χ1n) is 9.85. The molecule has 0 spiro atoms. The highest BCUT2D eigenvalue weighted by Crippen LogP contribution is 2.21. The van der Waals surface area contributed by atoms with Crippen molar-refractivity contribution in [3.8, 4) is 0 Å². The number of hydrogen-bond donors (Lipinski definition) is 1. The molecule has 1 N–H and O–H groups in total. The van der Waals surface area contributed by atoms with Crippen molar-refractivity contribution in [2.45, 2.75) is 25.0 Å². The fraction of sp³-hybridized carbons (Fsp3) is 0.273. The summed E-state index contributed by atoms with van der Waals surface area (Å²) < 4.78 is 2.01. The zero-order valence-corrected chi connectivity index (χ0v) is 19.0. The Morgan fingerprint density at radius 1 is 1.10 bits per heavy atom. The van der Waals surface area contributed by atoms with Gasteiger partial charge in [0.05, 0.1) is 23.0 Å². The number of para-hydroxylation sites is 1. The summed E-state index contributed by atoms with van der Waals surface area (Å²) in [5.74, 6) is 0.542. The summed E-state index contributed by atoms with van der Waals surface area (Å²) in [5, 5.41) is 12.4. The van der Waals surface area contributed by atoms with Crippen LogP contribution < -0.4 is 5.32 Å². The number of thioether (sulfide) groups is 1. The second-order valence-electron chi connectivity index (χ2n) is 6.87. The molecule has 3 rings (SSSR count). The lowest BCUT2D eigenvalue weighted by molar-refractivity contribution is -0.131. The van der Waals surface area contributed by atoms with Crippen molar-refractivity contribution in [2.75, 3.05) is 24.7 Å². The highest BCUT2D eigenvalue weighted by Gasteiger charge is 2.17. The number of rotatable bonds is 9. The summed E-state index contributed by atoms with van der Waals surface area (Å²) in [6, 6.07) is 17.0. The molecule has 162 valence electrons. The van der Waals surface area contributed by atoms with Gasteiger partial charge in [0.15, 0.2) is 5.16 Å². The Bertz CT molecular complexity index is 1040. The molecule has 0 saturated carbocycles.